The Labute approximate surface area is 137 Å². The fraction of sp³-hybridized carbons (Fsp3) is 0.588. The molecule has 2 amide bonds. The Kier molecular flexibility index (Phi) is 4.79. The van der Waals surface area contributed by atoms with Crippen molar-refractivity contribution in [2.45, 2.75) is 45.7 Å². The van der Waals surface area contributed by atoms with Gasteiger partial charge in [-0.15, -0.1) is 0 Å². The number of carbonyl (C=O) groups excluding carboxylic acids is 2. The van der Waals surface area contributed by atoms with Gasteiger partial charge in [-0.1, -0.05) is 5.92 Å². The van der Waals surface area contributed by atoms with Gasteiger partial charge in [-0.3, -0.25) is 9.59 Å². The first-order valence-corrected chi connectivity index (χ1v) is 7.75. The van der Waals surface area contributed by atoms with Crippen molar-refractivity contribution in [3.05, 3.63) is 18.2 Å². The molecule has 6 nitrogen and oxygen atoms in total. The average molecular weight is 316 g/mol. The SMILES string of the molecule is CN1C(=O)CC[C@@H](NC(=O)C#CC(C)(C)C)[C@@H]1c1nccn1C. The van der Waals surface area contributed by atoms with E-state index < -0.39 is 0 Å². The minimum atomic E-state index is -0.313. The molecule has 1 fully saturated rings. The van der Waals surface area contributed by atoms with Gasteiger partial charge in [-0.05, 0) is 33.1 Å². The van der Waals surface area contributed by atoms with E-state index in [1.807, 2.05) is 38.6 Å². The summed E-state index contributed by atoms with van der Waals surface area (Å²) in [7, 11) is 3.63. The van der Waals surface area contributed by atoms with Gasteiger partial charge in [0, 0.05) is 38.3 Å². The van der Waals surface area contributed by atoms with Gasteiger partial charge in [0.2, 0.25) is 5.91 Å². The largest absolute Gasteiger partial charge is 0.340 e. The van der Waals surface area contributed by atoms with Gasteiger partial charge in [0.25, 0.3) is 5.91 Å². The van der Waals surface area contributed by atoms with Crippen LogP contribution < -0.4 is 5.32 Å². The zero-order chi connectivity index (χ0) is 17.2. The molecule has 2 rings (SSSR count). The summed E-state index contributed by atoms with van der Waals surface area (Å²) in [4.78, 5) is 30.2. The number of likely N-dealkylation sites (tertiary alicyclic amines) is 1. The molecule has 23 heavy (non-hydrogen) atoms. The molecule has 1 aliphatic rings. The van der Waals surface area contributed by atoms with E-state index in [1.54, 1.807) is 18.1 Å². The van der Waals surface area contributed by atoms with E-state index >= 15 is 0 Å². The Bertz CT molecular complexity index is 660. The van der Waals surface area contributed by atoms with Crippen molar-refractivity contribution in [1.82, 2.24) is 19.8 Å². The summed E-state index contributed by atoms with van der Waals surface area (Å²) in [5, 5.41) is 2.95. The number of rotatable bonds is 2. The fourth-order valence-electron chi connectivity index (χ4n) is 2.65. The number of nitrogens with zero attached hydrogens (tertiary/aromatic N) is 3. The van der Waals surface area contributed by atoms with Crippen LogP contribution in [0.2, 0.25) is 0 Å². The van der Waals surface area contributed by atoms with Crippen LogP contribution in [-0.2, 0) is 16.6 Å². The first-order valence-electron chi connectivity index (χ1n) is 7.75. The normalized spacial score (nSPS) is 21.6. The number of nitrogens with one attached hydrogen (secondary N) is 1. The van der Waals surface area contributed by atoms with Gasteiger partial charge in [0.1, 0.15) is 11.9 Å². The zero-order valence-electron chi connectivity index (χ0n) is 14.4. The molecule has 1 saturated heterocycles. The van der Waals surface area contributed by atoms with E-state index in [1.165, 1.54) is 0 Å². The van der Waals surface area contributed by atoms with E-state index in [-0.39, 0.29) is 29.3 Å². The Morgan fingerprint density at radius 2 is 2.09 bits per heavy atom. The Morgan fingerprint density at radius 1 is 1.39 bits per heavy atom. The number of piperidine rings is 1. The van der Waals surface area contributed by atoms with Crippen molar-refractivity contribution < 1.29 is 9.59 Å². The molecule has 0 saturated carbocycles. The quantitative estimate of drug-likeness (QED) is 0.835. The van der Waals surface area contributed by atoms with Crippen molar-refractivity contribution in [2.24, 2.45) is 12.5 Å². The minimum Gasteiger partial charge on any atom is -0.340 e. The summed E-state index contributed by atoms with van der Waals surface area (Å²) in [6.45, 7) is 5.87. The lowest BCUT2D eigenvalue weighted by molar-refractivity contribution is -0.137. The third-order valence-corrected chi connectivity index (χ3v) is 3.85. The predicted octanol–water partition coefficient (Wildman–Crippen LogP) is 1.25. The minimum absolute atomic E-state index is 0.0595. The molecule has 1 N–H and O–H groups in total. The number of amides is 2. The van der Waals surface area contributed by atoms with Crippen LogP contribution in [0, 0.1) is 17.3 Å². The Balaban J connectivity index is 2.21. The molecule has 0 aromatic carbocycles. The van der Waals surface area contributed by atoms with E-state index in [2.05, 4.69) is 22.1 Å². The van der Waals surface area contributed by atoms with Crippen LogP contribution in [0.3, 0.4) is 0 Å². The van der Waals surface area contributed by atoms with Crippen molar-refractivity contribution in [3.8, 4) is 11.8 Å². The number of aryl methyl sites for hydroxylation is 1. The number of aromatic nitrogens is 2. The summed E-state index contributed by atoms with van der Waals surface area (Å²) in [5.74, 6) is 6.08. The molecule has 1 aromatic heterocycles. The summed E-state index contributed by atoms with van der Waals surface area (Å²) in [6, 6.07) is -0.475. The van der Waals surface area contributed by atoms with E-state index in [4.69, 9.17) is 0 Å². The highest BCUT2D eigenvalue weighted by Crippen LogP contribution is 2.29. The number of imidazole rings is 1. The summed E-state index contributed by atoms with van der Waals surface area (Å²) < 4.78 is 1.87. The highest BCUT2D eigenvalue weighted by atomic mass is 16.2. The summed E-state index contributed by atoms with van der Waals surface area (Å²) in [5.41, 5.74) is -0.226. The third kappa shape index (κ3) is 4.13. The summed E-state index contributed by atoms with van der Waals surface area (Å²) in [6.07, 6.45) is 4.53. The molecule has 124 valence electrons. The van der Waals surface area contributed by atoms with Crippen LogP contribution in [-0.4, -0.2) is 39.4 Å². The van der Waals surface area contributed by atoms with Crippen LogP contribution >= 0.6 is 0 Å². The lowest BCUT2D eigenvalue weighted by atomic mass is 9.95. The van der Waals surface area contributed by atoms with Gasteiger partial charge < -0.3 is 14.8 Å². The molecule has 6 heteroatoms. The number of hydrogen-bond acceptors (Lipinski definition) is 3. The molecule has 2 atom stereocenters. The molecule has 1 aromatic rings. The van der Waals surface area contributed by atoms with Crippen LogP contribution in [0.4, 0.5) is 0 Å². The van der Waals surface area contributed by atoms with Crippen molar-refractivity contribution >= 4 is 11.8 Å². The van der Waals surface area contributed by atoms with Crippen LogP contribution in [0.1, 0.15) is 45.5 Å². The molecule has 0 unspecified atom stereocenters. The van der Waals surface area contributed by atoms with Crippen molar-refractivity contribution in [3.63, 3.8) is 0 Å². The van der Waals surface area contributed by atoms with Crippen LogP contribution in [0.5, 0.6) is 0 Å². The van der Waals surface area contributed by atoms with E-state index in [9.17, 15) is 9.59 Å². The Morgan fingerprint density at radius 3 is 2.65 bits per heavy atom. The smallest absolute Gasteiger partial charge is 0.296 e. The van der Waals surface area contributed by atoms with Gasteiger partial charge in [0.15, 0.2) is 0 Å². The third-order valence-electron chi connectivity index (χ3n) is 3.85. The maximum atomic E-state index is 12.1. The second kappa shape index (κ2) is 6.45. The maximum Gasteiger partial charge on any atom is 0.296 e. The average Bonchev–Trinajstić information content (AvgIpc) is 2.86. The number of hydrogen-bond donors (Lipinski definition) is 1. The number of likely N-dealkylation sites (N-methyl/N-ethyl adjacent to an activating group) is 1. The second-order valence-corrected chi connectivity index (χ2v) is 6.96. The molecule has 2 heterocycles. The summed E-state index contributed by atoms with van der Waals surface area (Å²) >= 11 is 0. The highest BCUT2D eigenvalue weighted by molar-refractivity contribution is 5.94. The first-order chi connectivity index (χ1) is 10.7. The van der Waals surface area contributed by atoms with Crippen molar-refractivity contribution in [1.29, 1.82) is 0 Å². The Hall–Kier alpha value is -2.29. The predicted molar refractivity (Wildman–Crippen MR) is 87.1 cm³/mol. The molecule has 0 spiro atoms. The van der Waals surface area contributed by atoms with Crippen molar-refractivity contribution in [2.75, 3.05) is 7.05 Å². The lowest BCUT2D eigenvalue weighted by Crippen LogP contribution is -2.51. The zero-order valence-corrected chi connectivity index (χ0v) is 14.4. The molecule has 0 aliphatic carbocycles. The van der Waals surface area contributed by atoms with Crippen LogP contribution in [0.25, 0.3) is 0 Å². The standard InChI is InChI=1S/C17H24N4O2/c1-17(2,3)9-8-13(22)19-12-6-7-14(23)21(5)15(12)16-18-10-11-20(16)4/h10-12,15H,6-7H2,1-5H3,(H,19,22)/t12-,15-/m1/s1. The highest BCUT2D eigenvalue weighted by Gasteiger charge is 2.37. The second-order valence-electron chi connectivity index (χ2n) is 6.96. The topological polar surface area (TPSA) is 67.2 Å². The van der Waals surface area contributed by atoms with Gasteiger partial charge >= 0.3 is 0 Å². The molecular weight excluding hydrogens is 292 g/mol. The lowest BCUT2D eigenvalue weighted by Gasteiger charge is -2.38. The van der Waals surface area contributed by atoms with E-state index in [0.29, 0.717) is 12.8 Å². The van der Waals surface area contributed by atoms with Gasteiger partial charge in [0.05, 0.1) is 6.04 Å². The molecular formula is C17H24N4O2. The molecule has 1 aliphatic heterocycles. The van der Waals surface area contributed by atoms with Gasteiger partial charge in [-0.2, -0.15) is 0 Å². The van der Waals surface area contributed by atoms with Crippen LogP contribution in [0.15, 0.2) is 12.4 Å². The first kappa shape index (κ1) is 17.1. The monoisotopic (exact) mass is 316 g/mol. The fourth-order valence-corrected chi connectivity index (χ4v) is 2.65. The molecule has 0 bridgehead atoms. The molecule has 0 radical (unpaired) electrons. The maximum absolute atomic E-state index is 12.1. The van der Waals surface area contributed by atoms with E-state index in [0.717, 1.165) is 5.82 Å². The number of carbonyl (C=O) groups is 2. The van der Waals surface area contributed by atoms with Gasteiger partial charge in [-0.25, -0.2) is 4.98 Å².